The predicted molar refractivity (Wildman–Crippen MR) is 97.3 cm³/mol. The highest BCUT2D eigenvalue weighted by Crippen LogP contribution is 2.20. The van der Waals surface area contributed by atoms with Crippen molar-refractivity contribution in [2.24, 2.45) is 0 Å². The van der Waals surface area contributed by atoms with Gasteiger partial charge < -0.3 is 0 Å². The van der Waals surface area contributed by atoms with E-state index in [-0.39, 0.29) is 5.56 Å². The summed E-state index contributed by atoms with van der Waals surface area (Å²) >= 11 is 1.37. The van der Waals surface area contributed by atoms with Gasteiger partial charge in [-0.15, -0.1) is 5.10 Å². The number of thiazole rings is 1. The van der Waals surface area contributed by atoms with Gasteiger partial charge in [-0.25, -0.2) is 0 Å². The van der Waals surface area contributed by atoms with Gasteiger partial charge in [-0.3, -0.25) is 4.79 Å². The van der Waals surface area contributed by atoms with E-state index in [1.807, 2.05) is 68.5 Å². The van der Waals surface area contributed by atoms with Crippen molar-refractivity contribution >= 4 is 22.4 Å². The number of hydrogen-bond acceptors (Lipinski definition) is 4. The largest absolute Gasteiger partial charge is 0.291 e. The van der Waals surface area contributed by atoms with Gasteiger partial charge >= 0.3 is 0 Å². The van der Waals surface area contributed by atoms with Crippen LogP contribution in [0.5, 0.6) is 0 Å². The molecule has 0 N–H and O–H groups in total. The molecule has 0 bridgehead atoms. The minimum atomic E-state index is -0.122. The zero-order chi connectivity index (χ0) is 16.7. The van der Waals surface area contributed by atoms with Crippen molar-refractivity contribution in [2.45, 2.75) is 13.8 Å². The molecule has 0 aliphatic rings. The maximum absolute atomic E-state index is 12.6. The van der Waals surface area contributed by atoms with Crippen molar-refractivity contribution in [1.82, 2.24) is 14.6 Å². The molecule has 0 aliphatic carbocycles. The fourth-order valence-electron chi connectivity index (χ4n) is 2.59. The summed E-state index contributed by atoms with van der Waals surface area (Å²) in [7, 11) is 0. The third-order valence-electron chi connectivity index (χ3n) is 3.94. The molecule has 0 unspecified atom stereocenters. The molecule has 0 aliphatic heterocycles. The molecule has 0 spiro atoms. The van der Waals surface area contributed by atoms with Gasteiger partial charge in [0.15, 0.2) is 5.82 Å². The quantitative estimate of drug-likeness (QED) is 0.566. The Bertz CT molecular complexity index is 1140. The van der Waals surface area contributed by atoms with E-state index in [1.165, 1.54) is 21.4 Å². The molecular weight excluding hydrogens is 318 g/mol. The average Bonchev–Trinajstić information content (AvgIpc) is 3.10. The van der Waals surface area contributed by atoms with Crippen LogP contribution < -0.4 is 10.1 Å². The summed E-state index contributed by atoms with van der Waals surface area (Å²) < 4.78 is 2.04. The molecule has 4 nitrogen and oxygen atoms in total. The lowest BCUT2D eigenvalue weighted by Crippen LogP contribution is -2.23. The molecule has 2 heterocycles. The number of rotatable bonds is 2. The van der Waals surface area contributed by atoms with Crippen LogP contribution in [-0.4, -0.2) is 14.6 Å². The zero-order valence-electron chi connectivity index (χ0n) is 13.4. The molecule has 4 rings (SSSR count). The van der Waals surface area contributed by atoms with Crippen LogP contribution in [-0.2, 0) is 0 Å². The van der Waals surface area contributed by atoms with Gasteiger partial charge in [0.05, 0.1) is 4.53 Å². The SMILES string of the molecule is Cc1ccc(/C=c2/sc3nc(-c4ccccc4C)nn3c2=O)cc1. The summed E-state index contributed by atoms with van der Waals surface area (Å²) in [5, 5.41) is 4.40. The van der Waals surface area contributed by atoms with Crippen LogP contribution in [0.3, 0.4) is 0 Å². The van der Waals surface area contributed by atoms with E-state index in [0.29, 0.717) is 15.3 Å². The normalized spacial score (nSPS) is 12.2. The first-order valence-electron chi connectivity index (χ1n) is 7.66. The first-order chi connectivity index (χ1) is 11.6. The Labute approximate surface area is 142 Å². The van der Waals surface area contributed by atoms with Crippen LogP contribution in [0, 0.1) is 13.8 Å². The van der Waals surface area contributed by atoms with Crippen LogP contribution in [0.2, 0.25) is 0 Å². The Morgan fingerprint density at radius 2 is 1.79 bits per heavy atom. The summed E-state index contributed by atoms with van der Waals surface area (Å²) in [5.74, 6) is 0.596. The predicted octanol–water partition coefficient (Wildman–Crippen LogP) is 2.98. The molecule has 2 aromatic carbocycles. The lowest BCUT2D eigenvalue weighted by atomic mass is 10.1. The van der Waals surface area contributed by atoms with E-state index in [9.17, 15) is 4.79 Å². The first kappa shape index (κ1) is 14.8. The third-order valence-corrected chi connectivity index (χ3v) is 4.90. The Morgan fingerprint density at radius 3 is 2.50 bits per heavy atom. The molecule has 2 aromatic heterocycles. The van der Waals surface area contributed by atoms with Crippen molar-refractivity contribution in [1.29, 1.82) is 0 Å². The standard InChI is InChI=1S/C19H15N3OS/c1-12-7-9-14(10-8-12)11-16-18(23)22-19(24-16)20-17(21-22)15-6-4-3-5-13(15)2/h3-11H,1-2H3/b16-11+. The fourth-order valence-corrected chi connectivity index (χ4v) is 3.49. The van der Waals surface area contributed by atoms with Crippen LogP contribution in [0.15, 0.2) is 53.3 Å². The molecule has 5 heteroatoms. The van der Waals surface area contributed by atoms with E-state index in [4.69, 9.17) is 0 Å². The van der Waals surface area contributed by atoms with E-state index < -0.39 is 0 Å². The molecule has 0 saturated carbocycles. The van der Waals surface area contributed by atoms with Crippen molar-refractivity contribution in [3.8, 4) is 11.4 Å². The molecule has 24 heavy (non-hydrogen) atoms. The van der Waals surface area contributed by atoms with Crippen molar-refractivity contribution < 1.29 is 0 Å². The number of hydrogen-bond donors (Lipinski definition) is 0. The smallest absolute Gasteiger partial charge is 0.266 e. The number of aryl methyl sites for hydroxylation is 2. The third kappa shape index (κ3) is 2.53. The van der Waals surface area contributed by atoms with Gasteiger partial charge in [0.25, 0.3) is 5.56 Å². The minimum absolute atomic E-state index is 0.122. The monoisotopic (exact) mass is 333 g/mol. The second-order valence-electron chi connectivity index (χ2n) is 5.77. The topological polar surface area (TPSA) is 47.3 Å². The van der Waals surface area contributed by atoms with E-state index in [2.05, 4.69) is 10.1 Å². The van der Waals surface area contributed by atoms with Gasteiger partial charge in [0.2, 0.25) is 4.96 Å². The van der Waals surface area contributed by atoms with Crippen LogP contribution >= 0.6 is 11.3 Å². The highest BCUT2D eigenvalue weighted by molar-refractivity contribution is 7.15. The summed E-state index contributed by atoms with van der Waals surface area (Å²) in [4.78, 5) is 17.7. The van der Waals surface area contributed by atoms with Gasteiger partial charge in [0.1, 0.15) is 0 Å². The van der Waals surface area contributed by atoms with Crippen molar-refractivity contribution in [3.63, 3.8) is 0 Å². The average molecular weight is 333 g/mol. The Balaban J connectivity index is 1.83. The number of benzene rings is 2. The summed E-state index contributed by atoms with van der Waals surface area (Å²) in [6.45, 7) is 4.05. The lowest BCUT2D eigenvalue weighted by molar-refractivity contribution is 0.936. The maximum Gasteiger partial charge on any atom is 0.291 e. The van der Waals surface area contributed by atoms with Gasteiger partial charge in [0, 0.05) is 5.56 Å². The van der Waals surface area contributed by atoms with Crippen LogP contribution in [0.1, 0.15) is 16.7 Å². The summed E-state index contributed by atoms with van der Waals surface area (Å²) in [6.07, 6.45) is 1.89. The van der Waals surface area contributed by atoms with E-state index in [1.54, 1.807) is 0 Å². The van der Waals surface area contributed by atoms with Gasteiger partial charge in [-0.1, -0.05) is 65.4 Å². The summed E-state index contributed by atoms with van der Waals surface area (Å²) in [5.41, 5.74) is 4.12. The molecule has 0 radical (unpaired) electrons. The molecule has 4 aromatic rings. The second-order valence-corrected chi connectivity index (χ2v) is 6.78. The molecule has 0 amide bonds. The highest BCUT2D eigenvalue weighted by atomic mass is 32.1. The first-order valence-corrected chi connectivity index (χ1v) is 8.47. The number of nitrogens with zero attached hydrogens (tertiary/aromatic N) is 3. The minimum Gasteiger partial charge on any atom is -0.266 e. The molecule has 118 valence electrons. The second kappa shape index (κ2) is 5.69. The maximum atomic E-state index is 12.6. The molecule has 0 fully saturated rings. The molecule has 0 atom stereocenters. The van der Waals surface area contributed by atoms with Gasteiger partial charge in [-0.05, 0) is 31.1 Å². The zero-order valence-corrected chi connectivity index (χ0v) is 14.2. The van der Waals surface area contributed by atoms with Crippen LogP contribution in [0.25, 0.3) is 22.4 Å². The fraction of sp³-hybridized carbons (Fsp3) is 0.105. The number of aromatic nitrogens is 3. The summed E-state index contributed by atoms with van der Waals surface area (Å²) in [6, 6.07) is 16.0. The van der Waals surface area contributed by atoms with E-state index >= 15 is 0 Å². The highest BCUT2D eigenvalue weighted by Gasteiger charge is 2.13. The molecular formula is C19H15N3OS. The van der Waals surface area contributed by atoms with E-state index in [0.717, 1.165) is 16.7 Å². The van der Waals surface area contributed by atoms with Gasteiger partial charge in [-0.2, -0.15) is 9.50 Å². The van der Waals surface area contributed by atoms with Crippen molar-refractivity contribution in [2.75, 3.05) is 0 Å². The Hall–Kier alpha value is -2.79. The number of fused-ring (bicyclic) bond motifs is 1. The molecule has 0 saturated heterocycles. The Morgan fingerprint density at radius 1 is 1.04 bits per heavy atom. The lowest BCUT2D eigenvalue weighted by Gasteiger charge is -1.98. The van der Waals surface area contributed by atoms with Crippen LogP contribution in [0.4, 0.5) is 0 Å². The Kier molecular flexibility index (Phi) is 3.50. The van der Waals surface area contributed by atoms with Crippen molar-refractivity contribution in [3.05, 3.63) is 80.1 Å².